The second-order valence-electron chi connectivity index (χ2n) is 7.57. The van der Waals surface area contributed by atoms with Gasteiger partial charge in [-0.2, -0.15) is 0 Å². The van der Waals surface area contributed by atoms with E-state index in [1.165, 1.54) is 0 Å². The van der Waals surface area contributed by atoms with Gasteiger partial charge < -0.3 is 19.7 Å². The van der Waals surface area contributed by atoms with E-state index in [2.05, 4.69) is 17.4 Å². The number of carbonyl (C=O) groups is 1. The van der Waals surface area contributed by atoms with Crippen molar-refractivity contribution in [1.29, 1.82) is 0 Å². The van der Waals surface area contributed by atoms with Gasteiger partial charge in [-0.1, -0.05) is 41.7 Å². The maximum absolute atomic E-state index is 12.1. The van der Waals surface area contributed by atoms with Gasteiger partial charge in [0.2, 0.25) is 0 Å². The van der Waals surface area contributed by atoms with Crippen molar-refractivity contribution in [2.45, 2.75) is 6.92 Å². The number of fused-ring (bicyclic) bond motifs is 1. The highest BCUT2D eigenvalue weighted by Gasteiger charge is 2.24. The smallest absolute Gasteiger partial charge is 0.264 e. The van der Waals surface area contributed by atoms with E-state index in [-0.39, 0.29) is 12.5 Å². The lowest BCUT2D eigenvalue weighted by Gasteiger charge is -2.26. The van der Waals surface area contributed by atoms with E-state index in [1.54, 1.807) is 23.3 Å². The molecule has 7 heteroatoms. The molecule has 0 saturated carbocycles. The Morgan fingerprint density at radius 1 is 1.06 bits per heavy atom. The van der Waals surface area contributed by atoms with Crippen molar-refractivity contribution < 1.29 is 14.3 Å². The molecule has 4 aromatic rings. The fourth-order valence-electron chi connectivity index (χ4n) is 3.70. The maximum atomic E-state index is 12.1. The number of ether oxygens (including phenoxy) is 2. The Kier molecular flexibility index (Phi) is 5.71. The van der Waals surface area contributed by atoms with Gasteiger partial charge >= 0.3 is 0 Å². The van der Waals surface area contributed by atoms with Crippen molar-refractivity contribution in [1.82, 2.24) is 4.98 Å². The van der Waals surface area contributed by atoms with Crippen molar-refractivity contribution in [2.75, 3.05) is 30.5 Å². The van der Waals surface area contributed by atoms with Crippen molar-refractivity contribution in [3.63, 3.8) is 0 Å². The predicted molar refractivity (Wildman–Crippen MR) is 133 cm³/mol. The first-order valence-electron chi connectivity index (χ1n) is 10.7. The number of rotatable bonds is 6. The zero-order valence-electron chi connectivity index (χ0n) is 18.4. The molecule has 0 fully saturated rings. The number of hydrogen-bond acceptors (Lipinski definition) is 6. The molecule has 33 heavy (non-hydrogen) atoms. The highest BCUT2D eigenvalue weighted by atomic mass is 32.1. The second-order valence-corrected chi connectivity index (χ2v) is 8.57. The summed E-state index contributed by atoms with van der Waals surface area (Å²) in [7, 11) is 1.77. The third-order valence-electron chi connectivity index (χ3n) is 5.40. The van der Waals surface area contributed by atoms with Crippen molar-refractivity contribution >= 4 is 33.8 Å². The lowest BCUT2D eigenvalue weighted by molar-refractivity contribution is -0.120. The Morgan fingerprint density at radius 2 is 1.85 bits per heavy atom. The molecule has 6 nitrogen and oxygen atoms in total. The first kappa shape index (κ1) is 21.0. The Labute approximate surface area is 196 Å². The molecule has 0 spiro atoms. The molecule has 0 saturated heterocycles. The van der Waals surface area contributed by atoms with Crippen molar-refractivity contribution in [3.05, 3.63) is 72.8 Å². The van der Waals surface area contributed by atoms with E-state index in [1.807, 2.05) is 67.6 Å². The van der Waals surface area contributed by atoms with Crippen LogP contribution in [-0.4, -0.2) is 31.2 Å². The highest BCUT2D eigenvalue weighted by molar-refractivity contribution is 7.19. The molecular formula is C26H23N3O3S. The summed E-state index contributed by atoms with van der Waals surface area (Å²) in [5.41, 5.74) is 4.55. The third kappa shape index (κ3) is 4.27. The van der Waals surface area contributed by atoms with E-state index < -0.39 is 0 Å². The molecule has 0 aliphatic carbocycles. The molecule has 1 aliphatic heterocycles. The minimum absolute atomic E-state index is 0.0605. The van der Waals surface area contributed by atoms with Crippen LogP contribution in [0.5, 0.6) is 11.5 Å². The summed E-state index contributed by atoms with van der Waals surface area (Å²) in [4.78, 5) is 19.8. The van der Waals surface area contributed by atoms with Crippen LogP contribution in [0.25, 0.3) is 21.7 Å². The Bertz CT molecular complexity index is 1290. The topological polar surface area (TPSA) is 63.7 Å². The molecule has 0 unspecified atom stereocenters. The summed E-state index contributed by atoms with van der Waals surface area (Å²) in [6.07, 6.45) is 0. The van der Waals surface area contributed by atoms with Crippen LogP contribution in [-0.2, 0) is 4.79 Å². The first-order chi connectivity index (χ1) is 16.1. The number of nitrogens with one attached hydrogen (secondary N) is 1. The number of amides is 1. The van der Waals surface area contributed by atoms with Crippen LogP contribution >= 0.6 is 11.3 Å². The summed E-state index contributed by atoms with van der Waals surface area (Å²) in [6, 6.07) is 23.9. The summed E-state index contributed by atoms with van der Waals surface area (Å²) in [6.45, 7) is 2.66. The number of thiazole rings is 1. The summed E-state index contributed by atoms with van der Waals surface area (Å²) < 4.78 is 11.1. The molecule has 3 aromatic carbocycles. The normalized spacial score (nSPS) is 12.8. The monoisotopic (exact) mass is 457 g/mol. The van der Waals surface area contributed by atoms with Gasteiger partial charge in [-0.25, -0.2) is 4.98 Å². The lowest BCUT2D eigenvalue weighted by Crippen LogP contribution is -2.35. The Morgan fingerprint density at radius 3 is 2.61 bits per heavy atom. The van der Waals surface area contributed by atoms with Gasteiger partial charge in [0.1, 0.15) is 11.5 Å². The number of anilines is 3. The second kappa shape index (κ2) is 8.96. The minimum atomic E-state index is -0.0703. The zero-order chi connectivity index (χ0) is 22.8. The third-order valence-corrected chi connectivity index (χ3v) is 6.42. The van der Waals surface area contributed by atoms with E-state index in [9.17, 15) is 4.79 Å². The average Bonchev–Trinajstić information content (AvgIpc) is 3.27. The van der Waals surface area contributed by atoms with Crippen LogP contribution in [0.3, 0.4) is 0 Å². The quantitative estimate of drug-likeness (QED) is 0.386. The molecule has 0 radical (unpaired) electrons. The molecule has 1 aromatic heterocycles. The van der Waals surface area contributed by atoms with Gasteiger partial charge in [0.05, 0.1) is 22.9 Å². The molecule has 1 aliphatic rings. The van der Waals surface area contributed by atoms with Crippen molar-refractivity contribution in [2.24, 2.45) is 0 Å². The average molecular weight is 458 g/mol. The van der Waals surface area contributed by atoms with Gasteiger partial charge in [-0.3, -0.25) is 4.79 Å². The van der Waals surface area contributed by atoms with Crippen LogP contribution in [0.1, 0.15) is 6.92 Å². The highest BCUT2D eigenvalue weighted by Crippen LogP contribution is 2.42. The number of hydrogen-bond donors (Lipinski definition) is 1. The van der Waals surface area contributed by atoms with Crippen LogP contribution in [0.4, 0.5) is 16.5 Å². The van der Waals surface area contributed by atoms with E-state index in [4.69, 9.17) is 14.5 Å². The fraction of sp³-hybridized carbons (Fsp3) is 0.154. The van der Waals surface area contributed by atoms with Gasteiger partial charge in [0.15, 0.2) is 11.7 Å². The lowest BCUT2D eigenvalue weighted by atomic mass is 10.1. The minimum Gasteiger partial charge on any atom is -0.494 e. The molecule has 1 N–H and O–H groups in total. The molecular weight excluding hydrogens is 434 g/mol. The van der Waals surface area contributed by atoms with Gasteiger partial charge in [0, 0.05) is 18.3 Å². The maximum Gasteiger partial charge on any atom is 0.264 e. The Hall–Kier alpha value is -3.84. The number of aromatic nitrogens is 1. The van der Waals surface area contributed by atoms with Crippen molar-refractivity contribution in [3.8, 4) is 33.2 Å². The molecule has 2 heterocycles. The van der Waals surface area contributed by atoms with Crippen LogP contribution < -0.4 is 19.7 Å². The molecule has 0 atom stereocenters. The van der Waals surface area contributed by atoms with E-state index in [0.717, 1.165) is 44.0 Å². The largest absolute Gasteiger partial charge is 0.494 e. The summed E-state index contributed by atoms with van der Waals surface area (Å²) in [5, 5.41) is 4.20. The van der Waals surface area contributed by atoms with Gasteiger partial charge in [-0.15, -0.1) is 0 Å². The number of carbonyl (C=O) groups excluding carboxylic acids is 1. The van der Waals surface area contributed by atoms with Gasteiger partial charge in [0.25, 0.3) is 5.91 Å². The van der Waals surface area contributed by atoms with Gasteiger partial charge in [-0.05, 0) is 55.0 Å². The zero-order valence-corrected chi connectivity index (χ0v) is 19.2. The predicted octanol–water partition coefficient (Wildman–Crippen LogP) is 5.97. The molecule has 166 valence electrons. The summed E-state index contributed by atoms with van der Waals surface area (Å²) in [5.74, 6) is 1.46. The molecule has 1 amide bonds. The van der Waals surface area contributed by atoms with E-state index in [0.29, 0.717) is 12.4 Å². The molecule has 5 rings (SSSR count). The Balaban J connectivity index is 1.54. The number of benzene rings is 3. The van der Waals surface area contributed by atoms with E-state index >= 15 is 0 Å². The first-order valence-corrected chi connectivity index (χ1v) is 11.5. The SMILES string of the molecule is CCOc1ccc(Nc2nc(-c3ccc4c(c3)N(C)C(=O)CO4)c(-c3ccccc3)s2)cc1. The summed E-state index contributed by atoms with van der Waals surface area (Å²) >= 11 is 1.59. The standard InChI is InChI=1S/C26H23N3O3S/c1-3-31-20-12-10-19(11-13-20)27-26-28-24(25(33-26)17-7-5-4-6-8-17)18-9-14-22-21(15-18)29(2)23(30)16-32-22/h4-15H,3,16H2,1-2H3,(H,27,28). The van der Waals surface area contributed by atoms with Crippen LogP contribution in [0.15, 0.2) is 72.8 Å². The molecule has 0 bridgehead atoms. The number of nitrogens with zero attached hydrogens (tertiary/aromatic N) is 2. The fourth-order valence-corrected chi connectivity index (χ4v) is 4.71. The van der Waals surface area contributed by atoms with Crippen LogP contribution in [0.2, 0.25) is 0 Å². The van der Waals surface area contributed by atoms with Crippen LogP contribution in [0, 0.1) is 0 Å². The number of likely N-dealkylation sites (N-methyl/N-ethyl adjacent to an activating group) is 1.